The van der Waals surface area contributed by atoms with Crippen molar-refractivity contribution in [3.8, 4) is 11.3 Å². The van der Waals surface area contributed by atoms with Crippen LogP contribution in [-0.4, -0.2) is 22.1 Å². The fourth-order valence-electron chi connectivity index (χ4n) is 4.79. The highest BCUT2D eigenvalue weighted by molar-refractivity contribution is 7.99. The van der Waals surface area contributed by atoms with Crippen molar-refractivity contribution in [2.45, 2.75) is 48.7 Å². The van der Waals surface area contributed by atoms with E-state index in [1.54, 1.807) is 42.5 Å². The second-order valence-electron chi connectivity index (χ2n) is 9.86. The number of aromatic nitrogens is 2. The van der Waals surface area contributed by atoms with Gasteiger partial charge in [-0.2, -0.15) is 13.2 Å². The van der Waals surface area contributed by atoms with Crippen molar-refractivity contribution in [2.24, 2.45) is 4.99 Å². The highest BCUT2D eigenvalue weighted by Crippen LogP contribution is 2.40. The molecule has 1 amide bonds. The molecule has 0 fully saturated rings. The summed E-state index contributed by atoms with van der Waals surface area (Å²) in [6.45, 7) is 0.413. The molecule has 0 aliphatic heterocycles. The van der Waals surface area contributed by atoms with Crippen molar-refractivity contribution in [1.29, 1.82) is 0 Å². The lowest BCUT2D eigenvalue weighted by molar-refractivity contribution is -0.141. The number of rotatable bonds is 8. The Morgan fingerprint density at radius 3 is 2.51 bits per heavy atom. The lowest BCUT2D eigenvalue weighted by Gasteiger charge is -2.12. The number of aryl methyl sites for hydroxylation is 1. The standard InChI is InChI=1S/C32H25F3N4O2S2/c33-32(34,35)26-17-24(21-11-5-2-6-12-21)38-31(39-26)43-27-16-15-22(41-27)19-37-30-28(23-13-7-8-14-25(23)42-30)29(40)36-18-20-9-3-1-4-10-20/h1-6,9-12,15-17,19H,7-8,13-14,18H2,(H,36,40). The molecule has 0 radical (unpaired) electrons. The first-order valence-corrected chi connectivity index (χ1v) is 15.3. The van der Waals surface area contributed by atoms with E-state index in [1.807, 2.05) is 30.3 Å². The van der Waals surface area contributed by atoms with Crippen molar-refractivity contribution >= 4 is 40.2 Å². The summed E-state index contributed by atoms with van der Waals surface area (Å²) in [7, 11) is 0. The SMILES string of the molecule is O=C(NCc1ccccc1)c1c(N=Cc2ccc(Sc3nc(-c4ccccc4)cc(C(F)(F)F)n3)o2)sc2c1CCCC2. The molecule has 11 heteroatoms. The summed E-state index contributed by atoms with van der Waals surface area (Å²) in [5.41, 5.74) is 2.34. The zero-order chi connectivity index (χ0) is 29.8. The predicted molar refractivity (Wildman–Crippen MR) is 161 cm³/mol. The van der Waals surface area contributed by atoms with E-state index in [0.29, 0.717) is 33.5 Å². The minimum atomic E-state index is -4.63. The van der Waals surface area contributed by atoms with Gasteiger partial charge in [0, 0.05) is 17.0 Å². The summed E-state index contributed by atoms with van der Waals surface area (Å²) < 4.78 is 46.7. The lowest BCUT2D eigenvalue weighted by atomic mass is 9.95. The van der Waals surface area contributed by atoms with Crippen molar-refractivity contribution in [3.05, 3.63) is 112 Å². The second-order valence-corrected chi connectivity index (χ2v) is 11.9. The van der Waals surface area contributed by atoms with Gasteiger partial charge in [0.15, 0.2) is 10.2 Å². The van der Waals surface area contributed by atoms with E-state index in [0.717, 1.165) is 54.6 Å². The monoisotopic (exact) mass is 618 g/mol. The number of aliphatic imine (C=N–C) groups is 1. The number of halogens is 3. The maximum absolute atomic E-state index is 13.6. The van der Waals surface area contributed by atoms with E-state index < -0.39 is 11.9 Å². The molecular weight excluding hydrogens is 594 g/mol. The Bertz CT molecular complexity index is 1770. The number of furan rings is 1. The van der Waals surface area contributed by atoms with Crippen molar-refractivity contribution in [3.63, 3.8) is 0 Å². The number of nitrogens with one attached hydrogen (secondary N) is 1. The van der Waals surface area contributed by atoms with Crippen molar-refractivity contribution in [2.75, 3.05) is 0 Å². The molecule has 0 saturated heterocycles. The number of thiophene rings is 1. The van der Waals surface area contributed by atoms with Gasteiger partial charge >= 0.3 is 6.18 Å². The quantitative estimate of drug-likeness (QED) is 0.139. The van der Waals surface area contributed by atoms with E-state index in [2.05, 4.69) is 20.3 Å². The van der Waals surface area contributed by atoms with Crippen LogP contribution in [0.15, 0.2) is 98.5 Å². The molecule has 2 aromatic carbocycles. The number of carbonyl (C=O) groups is 1. The first-order valence-electron chi connectivity index (χ1n) is 13.6. The van der Waals surface area contributed by atoms with Gasteiger partial charge in [0.25, 0.3) is 5.91 Å². The van der Waals surface area contributed by atoms with Crippen LogP contribution in [0.5, 0.6) is 0 Å². The summed E-state index contributed by atoms with van der Waals surface area (Å²) in [5.74, 6) is 0.224. The fourth-order valence-corrected chi connectivity index (χ4v) is 6.76. The Hall–Kier alpha value is -4.22. The Balaban J connectivity index is 1.23. The van der Waals surface area contributed by atoms with Crippen LogP contribution in [0.1, 0.15) is 50.7 Å². The minimum absolute atomic E-state index is 0.0881. The highest BCUT2D eigenvalue weighted by Gasteiger charge is 2.34. The molecule has 0 unspecified atom stereocenters. The van der Waals surface area contributed by atoms with E-state index in [-0.39, 0.29) is 16.8 Å². The van der Waals surface area contributed by atoms with Gasteiger partial charge in [0.05, 0.1) is 17.5 Å². The number of carbonyl (C=O) groups excluding carboxylic acids is 1. The third kappa shape index (κ3) is 6.89. The molecule has 1 N–H and O–H groups in total. The first-order chi connectivity index (χ1) is 20.8. The molecule has 0 spiro atoms. The van der Waals surface area contributed by atoms with Crippen LogP contribution in [-0.2, 0) is 25.6 Å². The molecule has 43 heavy (non-hydrogen) atoms. The average Bonchev–Trinajstić information content (AvgIpc) is 3.63. The van der Waals surface area contributed by atoms with E-state index in [4.69, 9.17) is 4.42 Å². The van der Waals surface area contributed by atoms with Gasteiger partial charge in [-0.25, -0.2) is 15.0 Å². The first kappa shape index (κ1) is 28.9. The molecule has 3 aromatic heterocycles. The largest absolute Gasteiger partial charge is 0.448 e. The molecule has 0 saturated carbocycles. The molecule has 3 heterocycles. The molecule has 1 aliphatic carbocycles. The third-order valence-corrected chi connectivity index (χ3v) is 8.83. The van der Waals surface area contributed by atoms with E-state index in [1.165, 1.54) is 22.4 Å². The van der Waals surface area contributed by atoms with Crippen LogP contribution in [0, 0.1) is 0 Å². The summed E-state index contributed by atoms with van der Waals surface area (Å²) >= 11 is 2.40. The van der Waals surface area contributed by atoms with E-state index in [9.17, 15) is 18.0 Å². The van der Waals surface area contributed by atoms with Crippen LogP contribution in [0.4, 0.5) is 18.2 Å². The highest BCUT2D eigenvalue weighted by atomic mass is 32.2. The summed E-state index contributed by atoms with van der Waals surface area (Å²) in [4.78, 5) is 27.2. The van der Waals surface area contributed by atoms with Crippen LogP contribution >= 0.6 is 23.1 Å². The number of amides is 1. The number of nitrogens with zero attached hydrogens (tertiary/aromatic N) is 3. The van der Waals surface area contributed by atoms with Gasteiger partial charge in [-0.05, 0) is 66.8 Å². The van der Waals surface area contributed by atoms with Crippen LogP contribution in [0.2, 0.25) is 0 Å². The number of fused-ring (bicyclic) bond motifs is 1. The summed E-state index contributed by atoms with van der Waals surface area (Å²) in [6.07, 6.45) is 0.737. The van der Waals surface area contributed by atoms with Gasteiger partial charge in [-0.15, -0.1) is 11.3 Å². The normalized spacial score (nSPS) is 13.3. The maximum atomic E-state index is 13.6. The topological polar surface area (TPSA) is 80.4 Å². The fraction of sp³-hybridized carbons (Fsp3) is 0.188. The zero-order valence-corrected chi connectivity index (χ0v) is 24.4. The number of benzene rings is 2. The lowest BCUT2D eigenvalue weighted by Crippen LogP contribution is -2.24. The van der Waals surface area contributed by atoms with Crippen LogP contribution in [0.3, 0.4) is 0 Å². The molecule has 6 nitrogen and oxygen atoms in total. The molecule has 218 valence electrons. The van der Waals surface area contributed by atoms with Gasteiger partial charge in [-0.3, -0.25) is 4.79 Å². The third-order valence-electron chi connectivity index (χ3n) is 6.84. The molecule has 0 bridgehead atoms. The Kier molecular flexibility index (Phi) is 8.44. The molecule has 6 rings (SSSR count). The molecule has 5 aromatic rings. The Labute approximate surface area is 254 Å². The van der Waals surface area contributed by atoms with Gasteiger partial charge < -0.3 is 9.73 Å². The van der Waals surface area contributed by atoms with Crippen molar-refractivity contribution < 1.29 is 22.4 Å². The van der Waals surface area contributed by atoms with Gasteiger partial charge in [0.2, 0.25) is 0 Å². The summed E-state index contributed by atoms with van der Waals surface area (Å²) in [5, 5.41) is 3.86. The molecular formula is C32H25F3N4O2S2. The zero-order valence-electron chi connectivity index (χ0n) is 22.7. The summed E-state index contributed by atoms with van der Waals surface area (Å²) in [6, 6.07) is 22.6. The van der Waals surface area contributed by atoms with Crippen LogP contribution < -0.4 is 5.32 Å². The van der Waals surface area contributed by atoms with Crippen molar-refractivity contribution in [1.82, 2.24) is 15.3 Å². The predicted octanol–water partition coefficient (Wildman–Crippen LogP) is 8.53. The Morgan fingerprint density at radius 1 is 1.00 bits per heavy atom. The number of hydrogen-bond acceptors (Lipinski definition) is 7. The number of alkyl halides is 3. The van der Waals surface area contributed by atoms with Gasteiger partial charge in [-0.1, -0.05) is 60.7 Å². The average molecular weight is 619 g/mol. The van der Waals surface area contributed by atoms with E-state index >= 15 is 0 Å². The van der Waals surface area contributed by atoms with Crippen LogP contribution in [0.25, 0.3) is 11.3 Å². The molecule has 0 atom stereocenters. The smallest absolute Gasteiger partial charge is 0.433 e. The maximum Gasteiger partial charge on any atom is 0.433 e. The number of hydrogen-bond donors (Lipinski definition) is 1. The minimum Gasteiger partial charge on any atom is -0.448 e. The van der Waals surface area contributed by atoms with Gasteiger partial charge in [0.1, 0.15) is 16.5 Å². The second kappa shape index (κ2) is 12.6. The molecule has 1 aliphatic rings. The Morgan fingerprint density at radius 2 is 1.74 bits per heavy atom.